The molecule has 3 aliphatic heterocycles. The first-order valence-corrected chi connectivity index (χ1v) is 24.5. The molecule has 1 aromatic heterocycles. The average Bonchev–Trinajstić information content (AvgIpc) is 3.63. The number of rotatable bonds is 28. The van der Waals surface area contributed by atoms with E-state index >= 15 is 0 Å². The van der Waals surface area contributed by atoms with Crippen LogP contribution in [0, 0.1) is 5.82 Å². The third-order valence-corrected chi connectivity index (χ3v) is 12.4. The number of anilines is 4. The molecule has 4 aromatic rings. The van der Waals surface area contributed by atoms with Gasteiger partial charge in [-0.25, -0.2) is 14.4 Å². The zero-order chi connectivity index (χ0) is 51.5. The highest BCUT2D eigenvalue weighted by atomic mass is 35.5. The van der Waals surface area contributed by atoms with Crippen LogP contribution in [-0.2, 0) is 38.1 Å². The number of carbonyl (C=O) groups is 5. The van der Waals surface area contributed by atoms with Crippen LogP contribution in [0.5, 0.6) is 5.75 Å². The predicted molar refractivity (Wildman–Crippen MR) is 267 cm³/mol. The summed E-state index contributed by atoms with van der Waals surface area (Å²) in [4.78, 5) is 76.0. The quantitative estimate of drug-likeness (QED) is 0.0267. The van der Waals surface area contributed by atoms with Gasteiger partial charge in [-0.05, 0) is 62.1 Å². The molecule has 7 rings (SSSR count). The van der Waals surface area contributed by atoms with E-state index < -0.39 is 35.8 Å². The molecular weight excluding hydrogens is 973 g/mol. The summed E-state index contributed by atoms with van der Waals surface area (Å²) in [7, 11) is 1.50. The van der Waals surface area contributed by atoms with E-state index in [1.54, 1.807) is 36.4 Å². The molecule has 4 heterocycles. The number of halogens is 2. The third-order valence-electron chi connectivity index (χ3n) is 12.1. The molecule has 2 fully saturated rings. The number of carbonyl (C=O) groups excluding carboxylic acids is 5. The average molecular weight is 1030 g/mol. The maximum Gasteiger partial charge on any atom is 0.264 e. The summed E-state index contributed by atoms with van der Waals surface area (Å²) in [6.07, 6.45) is 5.92. The lowest BCUT2D eigenvalue weighted by Crippen LogP contribution is -2.55. The number of piperidine rings is 2. The summed E-state index contributed by atoms with van der Waals surface area (Å²) in [5, 5.41) is 24.9. The number of amides is 5. The zero-order valence-electron chi connectivity index (χ0n) is 40.5. The number of hydrogen-bond donors (Lipinski definition) is 6. The van der Waals surface area contributed by atoms with Gasteiger partial charge in [0.25, 0.3) is 11.8 Å². The predicted octanol–water partition coefficient (Wildman–Crippen LogP) is 4.03. The molecule has 0 bridgehead atoms. The van der Waals surface area contributed by atoms with E-state index in [0.29, 0.717) is 112 Å². The van der Waals surface area contributed by atoms with Crippen LogP contribution in [0.1, 0.15) is 52.8 Å². The van der Waals surface area contributed by atoms with Crippen molar-refractivity contribution in [2.45, 2.75) is 50.4 Å². The van der Waals surface area contributed by atoms with Gasteiger partial charge in [-0.1, -0.05) is 23.7 Å². The van der Waals surface area contributed by atoms with Crippen LogP contribution >= 0.6 is 11.6 Å². The molecule has 0 aliphatic carbocycles. The maximum atomic E-state index is 13.7. The summed E-state index contributed by atoms with van der Waals surface area (Å²) in [5.41, 5.74) is 2.44. The Morgan fingerprint density at radius 3 is 2.23 bits per heavy atom. The lowest BCUT2D eigenvalue weighted by Gasteiger charge is -2.31. The molecule has 2 atom stereocenters. The van der Waals surface area contributed by atoms with Crippen molar-refractivity contribution in [3.8, 4) is 5.75 Å². The number of nitrogens with zero attached hydrogens (tertiary/aromatic N) is 4. The van der Waals surface area contributed by atoms with E-state index in [2.05, 4.69) is 41.5 Å². The number of imide groups is 1. The van der Waals surface area contributed by atoms with E-state index in [1.807, 2.05) is 0 Å². The molecule has 2 saturated heterocycles. The number of aliphatic hydroxyl groups is 1. The van der Waals surface area contributed by atoms with Crippen LogP contribution in [0.15, 0.2) is 67.0 Å². The molecule has 5 amide bonds. The van der Waals surface area contributed by atoms with Crippen molar-refractivity contribution < 1.29 is 61.9 Å². The molecular formula is C50H61ClFN9O12. The summed E-state index contributed by atoms with van der Waals surface area (Å²) < 4.78 is 47.1. The molecule has 73 heavy (non-hydrogen) atoms. The number of hydrogen-bond acceptors (Lipinski definition) is 17. The molecule has 21 nitrogen and oxygen atoms in total. The summed E-state index contributed by atoms with van der Waals surface area (Å²) in [5.74, 6) is -1.73. The molecule has 0 radical (unpaired) electrons. The summed E-state index contributed by atoms with van der Waals surface area (Å²) in [6, 6.07) is 11.7. The maximum absolute atomic E-state index is 13.7. The Morgan fingerprint density at radius 1 is 0.849 bits per heavy atom. The van der Waals surface area contributed by atoms with Crippen LogP contribution in [0.25, 0.3) is 10.9 Å². The number of ether oxygens (including phenoxy) is 6. The molecule has 2 unspecified atom stereocenters. The Morgan fingerprint density at radius 2 is 1.55 bits per heavy atom. The van der Waals surface area contributed by atoms with Gasteiger partial charge in [0.2, 0.25) is 17.7 Å². The first kappa shape index (κ1) is 54.4. The SMILES string of the molecule is COc1cc2ncnc(Nc3ccc(F)c(Cl)c3)c2cc1NC(=O)/C=C/CN1CCC(NC(=O)CCOCCOCCOCCOCCOCCNc2cccc3c2C(=O)N(C2CCC(O)NC2=O)C3=O)CC1. The normalized spacial score (nSPS) is 17.3. The number of fused-ring (bicyclic) bond motifs is 2. The van der Waals surface area contributed by atoms with Crippen molar-refractivity contribution in [1.82, 2.24) is 30.4 Å². The number of benzene rings is 3. The van der Waals surface area contributed by atoms with E-state index in [-0.39, 0.29) is 59.9 Å². The third kappa shape index (κ3) is 15.6. The Bertz CT molecular complexity index is 2590. The Balaban J connectivity index is 0.657. The first-order valence-electron chi connectivity index (χ1n) is 24.1. The Kier molecular flexibility index (Phi) is 20.6. The monoisotopic (exact) mass is 1030 g/mol. The lowest BCUT2D eigenvalue weighted by molar-refractivity contribution is -0.131. The molecule has 0 saturated carbocycles. The van der Waals surface area contributed by atoms with Gasteiger partial charge >= 0.3 is 0 Å². The van der Waals surface area contributed by atoms with Crippen molar-refractivity contribution in [3.05, 3.63) is 89.0 Å². The van der Waals surface area contributed by atoms with Crippen molar-refractivity contribution in [2.24, 2.45) is 0 Å². The molecule has 392 valence electrons. The van der Waals surface area contributed by atoms with Crippen molar-refractivity contribution in [2.75, 3.05) is 115 Å². The molecule has 0 spiro atoms. The Hall–Kier alpha value is -6.37. The number of aliphatic hydroxyl groups excluding tert-OH is 1. The largest absolute Gasteiger partial charge is 0.494 e. The van der Waals surface area contributed by atoms with Crippen LogP contribution in [0.2, 0.25) is 5.02 Å². The lowest BCUT2D eigenvalue weighted by atomic mass is 10.0. The number of aromatic nitrogens is 2. The summed E-state index contributed by atoms with van der Waals surface area (Å²) in [6.45, 7) is 6.06. The zero-order valence-corrected chi connectivity index (χ0v) is 41.3. The topological polar surface area (TPSA) is 253 Å². The number of nitrogens with one attached hydrogen (secondary N) is 5. The van der Waals surface area contributed by atoms with E-state index in [0.717, 1.165) is 30.8 Å². The minimum Gasteiger partial charge on any atom is -0.494 e. The van der Waals surface area contributed by atoms with Gasteiger partial charge < -0.3 is 60.1 Å². The number of methoxy groups -OCH3 is 1. The minimum absolute atomic E-state index is 0.0334. The van der Waals surface area contributed by atoms with Gasteiger partial charge in [0, 0.05) is 67.5 Å². The second kappa shape index (κ2) is 27.6. The molecule has 6 N–H and O–H groups in total. The van der Waals surface area contributed by atoms with Crippen molar-refractivity contribution in [3.63, 3.8) is 0 Å². The highest BCUT2D eigenvalue weighted by Gasteiger charge is 2.45. The van der Waals surface area contributed by atoms with Gasteiger partial charge in [-0.2, -0.15) is 0 Å². The fourth-order valence-electron chi connectivity index (χ4n) is 8.37. The van der Waals surface area contributed by atoms with Crippen LogP contribution in [0.4, 0.5) is 27.3 Å². The van der Waals surface area contributed by atoms with E-state index in [1.165, 1.54) is 37.7 Å². The van der Waals surface area contributed by atoms with Crippen molar-refractivity contribution in [1.29, 1.82) is 0 Å². The standard InChI is InChI=1S/C50H61ClFN9O12/c1-68-42-30-39-35(47(55-31-54-39)57-33-7-8-37(52)36(51)28-33)29-40(42)58-43(62)6-3-15-60-16-11-32(12-17-60)56-45(64)13-18-69-20-22-71-24-26-73-27-25-72-23-21-70-19-14-53-38-5-2-4-34-46(38)50(67)61(49(34)66)41-9-10-44(63)59-48(41)65/h2-8,28-32,41,44,53,63H,9-27H2,1H3,(H,56,64)(H,58,62)(H,59,65)(H,54,55,57)/b6-3+. The molecule has 23 heteroatoms. The van der Waals surface area contributed by atoms with Gasteiger partial charge in [-0.15, -0.1) is 0 Å². The second-order valence-electron chi connectivity index (χ2n) is 17.1. The van der Waals surface area contributed by atoms with Crippen LogP contribution < -0.4 is 31.3 Å². The minimum atomic E-state index is -0.991. The highest BCUT2D eigenvalue weighted by Crippen LogP contribution is 2.35. The van der Waals surface area contributed by atoms with Gasteiger partial charge in [-0.3, -0.25) is 33.8 Å². The fraction of sp³-hybridized carbons (Fsp3) is 0.460. The molecule has 3 aliphatic rings. The first-order chi connectivity index (χ1) is 35.5. The van der Waals surface area contributed by atoms with Gasteiger partial charge in [0.05, 0.1) is 101 Å². The molecule has 3 aromatic carbocycles. The fourth-order valence-corrected chi connectivity index (χ4v) is 8.55. The van der Waals surface area contributed by atoms with E-state index in [9.17, 15) is 33.5 Å². The van der Waals surface area contributed by atoms with E-state index in [4.69, 9.17) is 40.0 Å². The van der Waals surface area contributed by atoms with Crippen LogP contribution in [0.3, 0.4) is 0 Å². The highest BCUT2D eigenvalue weighted by molar-refractivity contribution is 6.31. The Labute approximate surface area is 426 Å². The smallest absolute Gasteiger partial charge is 0.264 e. The van der Waals surface area contributed by atoms with Crippen LogP contribution in [-0.4, -0.2) is 172 Å². The number of likely N-dealkylation sites (tertiary alicyclic amines) is 1. The van der Waals surface area contributed by atoms with Gasteiger partial charge in [0.15, 0.2) is 0 Å². The second-order valence-corrected chi connectivity index (χ2v) is 17.6. The van der Waals surface area contributed by atoms with Crippen molar-refractivity contribution >= 4 is 74.9 Å². The summed E-state index contributed by atoms with van der Waals surface area (Å²) >= 11 is 5.96. The van der Waals surface area contributed by atoms with Gasteiger partial charge in [0.1, 0.15) is 36.0 Å².